The van der Waals surface area contributed by atoms with Crippen molar-refractivity contribution in [1.29, 1.82) is 0 Å². The molecule has 2 aromatic rings. The molecule has 0 aliphatic heterocycles. The first-order chi connectivity index (χ1) is 8.79. The second-order valence-corrected chi connectivity index (χ2v) is 3.97. The number of anilines is 1. The summed E-state index contributed by atoms with van der Waals surface area (Å²) in [6.45, 7) is 0.883. The number of nitrogens with zero attached hydrogens (tertiary/aromatic N) is 2. The average molecular weight is 264 g/mol. The lowest BCUT2D eigenvalue weighted by molar-refractivity contribution is 0.102. The third-order valence-corrected chi connectivity index (χ3v) is 2.55. The largest absolute Gasteiger partial charge is 0.492 e. The molecular weight excluding hydrogens is 252 g/mol. The second kappa shape index (κ2) is 6.08. The smallest absolute Gasteiger partial charge is 0.277 e. The van der Waals surface area contributed by atoms with Crippen molar-refractivity contribution < 1.29 is 9.53 Å². The Bertz CT molecular complexity index is 516. The average Bonchev–Trinajstić information content (AvgIpc) is 2.91. The maximum atomic E-state index is 11.7. The van der Waals surface area contributed by atoms with Gasteiger partial charge in [0.2, 0.25) is 0 Å². The Hall–Kier alpha value is -1.99. The number of benzene rings is 1. The lowest BCUT2D eigenvalue weighted by Crippen LogP contribution is -2.13. The van der Waals surface area contributed by atoms with Crippen LogP contribution in [-0.2, 0) is 0 Å². The van der Waals surface area contributed by atoms with Gasteiger partial charge in [-0.05, 0) is 12.1 Å². The van der Waals surface area contributed by atoms with Crippen LogP contribution in [-0.4, -0.2) is 27.8 Å². The van der Waals surface area contributed by atoms with Crippen LogP contribution in [0.15, 0.2) is 30.5 Å². The van der Waals surface area contributed by atoms with Crippen molar-refractivity contribution in [2.45, 2.75) is 0 Å². The summed E-state index contributed by atoms with van der Waals surface area (Å²) < 4.78 is 13.0. The van der Waals surface area contributed by atoms with Gasteiger partial charge in [-0.15, -0.1) is 0 Å². The van der Waals surface area contributed by atoms with Crippen molar-refractivity contribution in [2.24, 2.45) is 5.73 Å². The summed E-state index contributed by atoms with van der Waals surface area (Å²) in [6, 6.07) is 7.09. The zero-order valence-corrected chi connectivity index (χ0v) is 10.3. The van der Waals surface area contributed by atoms with E-state index < -0.39 is 0 Å². The Morgan fingerprint density at radius 3 is 3.11 bits per heavy atom. The van der Waals surface area contributed by atoms with Crippen LogP contribution in [0.3, 0.4) is 0 Å². The number of hydrogen-bond donors (Lipinski definition) is 2. The first kappa shape index (κ1) is 12.5. The SMILES string of the molecule is NCCOc1cccc(NC(=O)c2cnsn2)c1. The van der Waals surface area contributed by atoms with Gasteiger partial charge < -0.3 is 15.8 Å². The Morgan fingerprint density at radius 1 is 1.50 bits per heavy atom. The molecule has 0 unspecified atom stereocenters. The van der Waals surface area contributed by atoms with E-state index in [-0.39, 0.29) is 5.91 Å². The van der Waals surface area contributed by atoms with E-state index in [0.717, 1.165) is 11.7 Å². The molecule has 1 heterocycles. The highest BCUT2D eigenvalue weighted by Gasteiger charge is 2.09. The molecule has 6 nitrogen and oxygen atoms in total. The molecule has 0 bridgehead atoms. The molecule has 0 atom stereocenters. The monoisotopic (exact) mass is 264 g/mol. The van der Waals surface area contributed by atoms with Gasteiger partial charge in [-0.2, -0.15) is 8.75 Å². The van der Waals surface area contributed by atoms with Gasteiger partial charge in [-0.3, -0.25) is 4.79 Å². The molecule has 0 aliphatic rings. The summed E-state index contributed by atoms with van der Waals surface area (Å²) in [5.74, 6) is 0.370. The molecule has 7 heteroatoms. The summed E-state index contributed by atoms with van der Waals surface area (Å²) in [5.41, 5.74) is 6.29. The van der Waals surface area contributed by atoms with E-state index >= 15 is 0 Å². The van der Waals surface area contributed by atoms with Crippen LogP contribution < -0.4 is 15.8 Å². The van der Waals surface area contributed by atoms with Gasteiger partial charge in [-0.25, -0.2) is 0 Å². The lowest BCUT2D eigenvalue weighted by atomic mass is 10.3. The number of aromatic nitrogens is 2. The minimum atomic E-state index is -0.292. The molecule has 18 heavy (non-hydrogen) atoms. The number of carbonyl (C=O) groups excluding carboxylic acids is 1. The molecule has 0 spiro atoms. The molecule has 94 valence electrons. The number of amides is 1. The first-order valence-corrected chi connectivity index (χ1v) is 6.04. The minimum absolute atomic E-state index is 0.292. The molecule has 3 N–H and O–H groups in total. The summed E-state index contributed by atoms with van der Waals surface area (Å²) in [6.07, 6.45) is 1.43. The Kier molecular flexibility index (Phi) is 4.21. The van der Waals surface area contributed by atoms with Crippen LogP contribution in [0.1, 0.15) is 10.5 Å². The topological polar surface area (TPSA) is 90.1 Å². The molecule has 1 amide bonds. The van der Waals surface area contributed by atoms with E-state index in [1.807, 2.05) is 0 Å². The maximum absolute atomic E-state index is 11.7. The molecule has 0 aliphatic carbocycles. The van der Waals surface area contributed by atoms with E-state index in [9.17, 15) is 4.79 Å². The molecule has 2 rings (SSSR count). The summed E-state index contributed by atoms with van der Waals surface area (Å²) in [7, 11) is 0. The Morgan fingerprint density at radius 2 is 2.39 bits per heavy atom. The van der Waals surface area contributed by atoms with Crippen molar-refractivity contribution in [2.75, 3.05) is 18.5 Å². The second-order valence-electron chi connectivity index (χ2n) is 3.41. The van der Waals surface area contributed by atoms with Gasteiger partial charge in [0, 0.05) is 18.3 Å². The van der Waals surface area contributed by atoms with E-state index in [4.69, 9.17) is 10.5 Å². The van der Waals surface area contributed by atoms with Crippen LogP contribution in [0.2, 0.25) is 0 Å². The van der Waals surface area contributed by atoms with Gasteiger partial charge in [0.15, 0.2) is 5.69 Å². The van der Waals surface area contributed by atoms with Crippen molar-refractivity contribution in [3.8, 4) is 5.75 Å². The molecule has 0 saturated carbocycles. The third-order valence-electron chi connectivity index (χ3n) is 2.07. The zero-order chi connectivity index (χ0) is 12.8. The first-order valence-electron chi connectivity index (χ1n) is 5.31. The van der Waals surface area contributed by atoms with Gasteiger partial charge in [0.1, 0.15) is 12.4 Å². The highest BCUT2D eigenvalue weighted by molar-refractivity contribution is 6.99. The number of carbonyl (C=O) groups is 1. The number of nitrogens with one attached hydrogen (secondary N) is 1. The molecule has 1 aromatic carbocycles. The number of nitrogens with two attached hydrogens (primary N) is 1. The minimum Gasteiger partial charge on any atom is -0.492 e. The van der Waals surface area contributed by atoms with E-state index in [1.54, 1.807) is 24.3 Å². The Balaban J connectivity index is 2.03. The Labute approximate surface area is 108 Å². The fourth-order valence-corrected chi connectivity index (χ4v) is 1.71. The highest BCUT2D eigenvalue weighted by Crippen LogP contribution is 2.17. The van der Waals surface area contributed by atoms with Crippen LogP contribution in [0, 0.1) is 0 Å². The van der Waals surface area contributed by atoms with Crippen molar-refractivity contribution in [3.05, 3.63) is 36.2 Å². The predicted molar refractivity (Wildman–Crippen MR) is 68.9 cm³/mol. The normalized spacial score (nSPS) is 10.1. The van der Waals surface area contributed by atoms with Crippen LogP contribution in [0.5, 0.6) is 5.75 Å². The number of ether oxygens (including phenoxy) is 1. The van der Waals surface area contributed by atoms with Gasteiger partial charge in [0.05, 0.1) is 17.9 Å². The van der Waals surface area contributed by atoms with Gasteiger partial charge >= 0.3 is 0 Å². The summed E-state index contributed by atoms with van der Waals surface area (Å²) >= 11 is 0.993. The summed E-state index contributed by atoms with van der Waals surface area (Å²) in [4.78, 5) is 11.7. The van der Waals surface area contributed by atoms with Crippen LogP contribution in [0.4, 0.5) is 5.69 Å². The van der Waals surface area contributed by atoms with Crippen molar-refractivity contribution in [1.82, 2.24) is 8.75 Å². The molecule has 0 saturated heterocycles. The van der Waals surface area contributed by atoms with Gasteiger partial charge in [0.25, 0.3) is 5.91 Å². The standard InChI is InChI=1S/C11H12N4O2S/c12-4-5-17-9-3-1-2-8(6-9)14-11(16)10-7-13-18-15-10/h1-3,6-7H,4-5,12H2,(H,14,16). The number of rotatable bonds is 5. The van der Waals surface area contributed by atoms with Gasteiger partial charge in [-0.1, -0.05) is 6.07 Å². The molecule has 0 fully saturated rings. The van der Waals surface area contributed by atoms with Crippen LogP contribution in [0.25, 0.3) is 0 Å². The van der Waals surface area contributed by atoms with Crippen molar-refractivity contribution in [3.63, 3.8) is 0 Å². The zero-order valence-electron chi connectivity index (χ0n) is 9.50. The predicted octanol–water partition coefficient (Wildman–Crippen LogP) is 1.13. The van der Waals surface area contributed by atoms with E-state index in [1.165, 1.54) is 6.20 Å². The molecule has 0 radical (unpaired) electrons. The fraction of sp³-hybridized carbons (Fsp3) is 0.182. The van der Waals surface area contributed by atoms with Crippen LogP contribution >= 0.6 is 11.7 Å². The highest BCUT2D eigenvalue weighted by atomic mass is 32.1. The molecule has 1 aromatic heterocycles. The number of hydrogen-bond acceptors (Lipinski definition) is 6. The third kappa shape index (κ3) is 3.25. The maximum Gasteiger partial charge on any atom is 0.277 e. The fourth-order valence-electron chi connectivity index (χ4n) is 1.30. The molecular formula is C11H12N4O2S. The quantitative estimate of drug-likeness (QED) is 0.844. The lowest BCUT2D eigenvalue weighted by Gasteiger charge is -2.07. The summed E-state index contributed by atoms with van der Waals surface area (Å²) in [5, 5.41) is 2.72. The van der Waals surface area contributed by atoms with E-state index in [2.05, 4.69) is 14.1 Å². The van der Waals surface area contributed by atoms with E-state index in [0.29, 0.717) is 30.3 Å². The van der Waals surface area contributed by atoms with Crippen molar-refractivity contribution >= 4 is 23.3 Å².